The fourth-order valence-corrected chi connectivity index (χ4v) is 3.82. The van der Waals surface area contributed by atoms with Crippen LogP contribution in [0, 0.1) is 0 Å². The minimum atomic E-state index is -4.44. The molecular weight excluding hydrogens is 377 g/mol. The molecule has 3 heterocycles. The van der Waals surface area contributed by atoms with Crippen LogP contribution in [-0.4, -0.2) is 19.6 Å². The Morgan fingerprint density at radius 2 is 1.93 bits per heavy atom. The third-order valence-electron chi connectivity index (χ3n) is 4.98. The monoisotopic (exact) mass is 388 g/mol. The van der Waals surface area contributed by atoms with Crippen LogP contribution in [-0.2, 0) is 6.18 Å². The third-order valence-corrected chi connectivity index (χ3v) is 5.16. The maximum Gasteiger partial charge on any atom is 0.433 e. The van der Waals surface area contributed by atoms with Crippen molar-refractivity contribution in [3.63, 3.8) is 0 Å². The van der Waals surface area contributed by atoms with Gasteiger partial charge in [0.1, 0.15) is 10.8 Å². The van der Waals surface area contributed by atoms with Crippen LogP contribution in [0.15, 0.2) is 48.8 Å². The molecular formula is C19H12ClF3N4. The molecule has 0 aliphatic heterocycles. The quantitative estimate of drug-likeness (QED) is 0.473. The van der Waals surface area contributed by atoms with Crippen LogP contribution < -0.4 is 0 Å². The fraction of sp³-hybridized carbons (Fsp3) is 0.211. The van der Waals surface area contributed by atoms with Crippen LogP contribution in [0.1, 0.15) is 35.1 Å². The first-order valence-electron chi connectivity index (χ1n) is 8.38. The molecule has 0 saturated heterocycles. The van der Waals surface area contributed by atoms with E-state index in [-0.39, 0.29) is 11.8 Å². The molecule has 0 amide bonds. The van der Waals surface area contributed by atoms with E-state index >= 15 is 0 Å². The number of benzene rings is 1. The lowest BCUT2D eigenvalue weighted by atomic mass is 10.0. The Morgan fingerprint density at radius 1 is 1.07 bits per heavy atom. The number of imidazole rings is 1. The first-order chi connectivity index (χ1) is 12.9. The molecule has 1 aliphatic carbocycles. The van der Waals surface area contributed by atoms with Crippen molar-refractivity contribution in [2.75, 3.05) is 0 Å². The van der Waals surface area contributed by atoms with Crippen molar-refractivity contribution in [3.8, 4) is 0 Å². The van der Waals surface area contributed by atoms with Gasteiger partial charge in [0, 0.05) is 23.3 Å². The third kappa shape index (κ3) is 2.82. The van der Waals surface area contributed by atoms with Gasteiger partial charge in [0.05, 0.1) is 5.52 Å². The normalized spacial score (nSPS) is 19.7. The second kappa shape index (κ2) is 5.66. The van der Waals surface area contributed by atoms with E-state index < -0.39 is 11.9 Å². The molecule has 0 bridgehead atoms. The molecule has 8 heteroatoms. The summed E-state index contributed by atoms with van der Waals surface area (Å²) >= 11 is 6.12. The van der Waals surface area contributed by atoms with Crippen molar-refractivity contribution < 1.29 is 13.2 Å². The van der Waals surface area contributed by atoms with Crippen molar-refractivity contribution in [3.05, 3.63) is 70.8 Å². The smallest absolute Gasteiger partial charge is 0.243 e. The van der Waals surface area contributed by atoms with Crippen LogP contribution in [0.25, 0.3) is 16.6 Å². The zero-order valence-electron chi connectivity index (χ0n) is 13.8. The van der Waals surface area contributed by atoms with Gasteiger partial charge in [-0.3, -0.25) is 0 Å². The highest BCUT2D eigenvalue weighted by Crippen LogP contribution is 2.55. The number of hydrogen-bond donors (Lipinski definition) is 0. The van der Waals surface area contributed by atoms with Crippen molar-refractivity contribution in [2.24, 2.45) is 0 Å². The standard InChI is InChI=1S/C19H12ClF3N4/c20-17-9-14(18-24-5-6-27(18)26-17)13-8-12(13)10-1-3-15-11(7-10)2-4-16(25-15)19(21,22)23/h1-7,9,12-13H,8H2/t12-,13?/m1/s1. The Bertz CT molecular complexity index is 1180. The van der Waals surface area contributed by atoms with Gasteiger partial charge < -0.3 is 0 Å². The second-order valence-corrected chi connectivity index (χ2v) is 7.10. The van der Waals surface area contributed by atoms with Crippen molar-refractivity contribution in [1.82, 2.24) is 19.6 Å². The molecule has 4 nitrogen and oxygen atoms in total. The first-order valence-corrected chi connectivity index (χ1v) is 8.75. The molecule has 136 valence electrons. The summed E-state index contributed by atoms with van der Waals surface area (Å²) in [5.74, 6) is 0.533. The van der Waals surface area contributed by atoms with E-state index in [0.717, 1.165) is 29.3 Å². The molecule has 1 saturated carbocycles. The molecule has 1 fully saturated rings. The Kier molecular flexibility index (Phi) is 3.46. The average Bonchev–Trinajstić information content (AvgIpc) is 3.29. The van der Waals surface area contributed by atoms with E-state index in [9.17, 15) is 13.2 Å². The minimum Gasteiger partial charge on any atom is -0.243 e. The molecule has 0 N–H and O–H groups in total. The lowest BCUT2D eigenvalue weighted by Gasteiger charge is -2.08. The van der Waals surface area contributed by atoms with Crippen LogP contribution >= 0.6 is 11.6 Å². The van der Waals surface area contributed by atoms with Gasteiger partial charge in [0.25, 0.3) is 0 Å². The summed E-state index contributed by atoms with van der Waals surface area (Å²) in [6, 6.07) is 9.76. The molecule has 1 aromatic carbocycles. The van der Waals surface area contributed by atoms with E-state index in [1.165, 1.54) is 6.07 Å². The molecule has 1 aliphatic rings. The van der Waals surface area contributed by atoms with Crippen molar-refractivity contribution >= 4 is 28.2 Å². The van der Waals surface area contributed by atoms with Gasteiger partial charge in [-0.1, -0.05) is 23.7 Å². The molecule has 5 rings (SSSR count). The predicted molar refractivity (Wildman–Crippen MR) is 94.8 cm³/mol. The zero-order valence-corrected chi connectivity index (χ0v) is 14.5. The number of aromatic nitrogens is 4. The fourth-order valence-electron chi connectivity index (χ4n) is 3.62. The lowest BCUT2D eigenvalue weighted by Crippen LogP contribution is -2.07. The number of halogens is 4. The molecule has 0 radical (unpaired) electrons. The van der Waals surface area contributed by atoms with Gasteiger partial charge in [-0.2, -0.15) is 18.3 Å². The zero-order chi connectivity index (χ0) is 18.8. The predicted octanol–water partition coefficient (Wildman–Crippen LogP) is 5.22. The second-order valence-electron chi connectivity index (χ2n) is 6.71. The Morgan fingerprint density at radius 3 is 2.74 bits per heavy atom. The van der Waals surface area contributed by atoms with Gasteiger partial charge in [0.2, 0.25) is 0 Å². The molecule has 4 aromatic rings. The maximum absolute atomic E-state index is 12.8. The number of fused-ring (bicyclic) bond motifs is 2. The molecule has 0 spiro atoms. The highest BCUT2D eigenvalue weighted by molar-refractivity contribution is 6.29. The van der Waals surface area contributed by atoms with Gasteiger partial charge >= 0.3 is 6.18 Å². The van der Waals surface area contributed by atoms with E-state index in [1.807, 2.05) is 18.2 Å². The summed E-state index contributed by atoms with van der Waals surface area (Å²) in [5.41, 5.74) is 2.36. The maximum atomic E-state index is 12.8. The van der Waals surface area contributed by atoms with E-state index in [2.05, 4.69) is 15.1 Å². The van der Waals surface area contributed by atoms with Crippen LogP contribution in [0.3, 0.4) is 0 Å². The summed E-state index contributed by atoms with van der Waals surface area (Å²) < 4.78 is 40.1. The Hall–Kier alpha value is -2.67. The van der Waals surface area contributed by atoms with Crippen LogP contribution in [0.2, 0.25) is 5.15 Å². The summed E-state index contributed by atoms with van der Waals surface area (Å²) in [7, 11) is 0. The van der Waals surface area contributed by atoms with Crippen LogP contribution in [0.4, 0.5) is 13.2 Å². The number of pyridine rings is 1. The Labute approximate surface area is 156 Å². The van der Waals surface area contributed by atoms with E-state index in [0.29, 0.717) is 16.1 Å². The SMILES string of the molecule is FC(F)(F)c1ccc2cc([C@H]3CC3c3cc(Cl)nn4ccnc34)ccc2n1. The first kappa shape index (κ1) is 16.5. The summed E-state index contributed by atoms with van der Waals surface area (Å²) in [4.78, 5) is 8.08. The minimum absolute atomic E-state index is 0.259. The van der Waals surface area contributed by atoms with Gasteiger partial charge in [-0.25, -0.2) is 14.5 Å². The molecule has 27 heavy (non-hydrogen) atoms. The average molecular weight is 389 g/mol. The number of rotatable bonds is 2. The van der Waals surface area contributed by atoms with Crippen LogP contribution in [0.5, 0.6) is 0 Å². The molecule has 1 unspecified atom stereocenters. The van der Waals surface area contributed by atoms with E-state index in [4.69, 9.17) is 11.6 Å². The summed E-state index contributed by atoms with van der Waals surface area (Å²) in [6.07, 6.45) is -0.0748. The van der Waals surface area contributed by atoms with Gasteiger partial charge in [0.15, 0.2) is 5.65 Å². The molecule has 2 atom stereocenters. The molecule has 3 aromatic heterocycles. The van der Waals surface area contributed by atoms with Crippen molar-refractivity contribution in [1.29, 1.82) is 0 Å². The number of nitrogens with zero attached hydrogens (tertiary/aromatic N) is 4. The number of alkyl halides is 3. The summed E-state index contributed by atoms with van der Waals surface area (Å²) in [6.45, 7) is 0. The summed E-state index contributed by atoms with van der Waals surface area (Å²) in [5, 5.41) is 5.30. The topological polar surface area (TPSA) is 43.1 Å². The van der Waals surface area contributed by atoms with Crippen molar-refractivity contribution in [2.45, 2.75) is 24.4 Å². The Balaban J connectivity index is 1.49. The van der Waals surface area contributed by atoms with Gasteiger partial charge in [-0.15, -0.1) is 0 Å². The van der Waals surface area contributed by atoms with E-state index in [1.54, 1.807) is 23.0 Å². The highest BCUT2D eigenvalue weighted by Gasteiger charge is 2.41. The van der Waals surface area contributed by atoms with Gasteiger partial charge in [-0.05, 0) is 48.1 Å². The lowest BCUT2D eigenvalue weighted by molar-refractivity contribution is -0.140. The number of hydrogen-bond acceptors (Lipinski definition) is 3. The highest BCUT2D eigenvalue weighted by atomic mass is 35.5. The largest absolute Gasteiger partial charge is 0.433 e.